The summed E-state index contributed by atoms with van der Waals surface area (Å²) >= 11 is 4.67. The highest BCUT2D eigenvalue weighted by molar-refractivity contribution is 9.11. The van der Waals surface area contributed by atoms with Crippen molar-refractivity contribution in [1.82, 2.24) is 15.1 Å². The average Bonchev–Trinajstić information content (AvgIpc) is 3.31. The summed E-state index contributed by atoms with van der Waals surface area (Å²) in [4.78, 5) is 54.2. The van der Waals surface area contributed by atoms with Crippen LogP contribution in [-0.2, 0) is 4.79 Å². The Morgan fingerprint density at radius 1 is 1.16 bits per heavy atom. The summed E-state index contributed by atoms with van der Waals surface area (Å²) in [6, 6.07) is 7.88. The van der Waals surface area contributed by atoms with Crippen molar-refractivity contribution in [1.29, 1.82) is 0 Å². The highest BCUT2D eigenvalue weighted by Gasteiger charge is 2.32. The van der Waals surface area contributed by atoms with E-state index in [9.17, 15) is 19.2 Å². The number of thiophene rings is 1. The average molecular weight is 507 g/mol. The molecule has 0 spiro atoms. The first-order chi connectivity index (χ1) is 14.6. The number of hydrogen-bond donors (Lipinski definition) is 1. The van der Waals surface area contributed by atoms with Gasteiger partial charge in [-0.25, -0.2) is 4.79 Å². The molecule has 0 aliphatic carbocycles. The summed E-state index contributed by atoms with van der Waals surface area (Å²) in [7, 11) is 4.59. The first-order valence-corrected chi connectivity index (χ1v) is 11.2. The van der Waals surface area contributed by atoms with E-state index in [1.54, 1.807) is 56.3 Å². The Morgan fingerprint density at radius 3 is 2.45 bits per heavy atom. The maximum Gasteiger partial charge on any atom is 0.326 e. The third-order valence-corrected chi connectivity index (χ3v) is 6.61. The number of benzene rings is 1. The van der Waals surface area contributed by atoms with Crippen molar-refractivity contribution in [3.8, 4) is 0 Å². The van der Waals surface area contributed by atoms with Gasteiger partial charge in [-0.1, -0.05) is 0 Å². The molecule has 1 atom stereocenters. The van der Waals surface area contributed by atoms with Gasteiger partial charge < -0.3 is 15.1 Å². The fraction of sp³-hybridized carbons (Fsp3) is 0.333. The van der Waals surface area contributed by atoms with E-state index < -0.39 is 11.9 Å². The SMILES string of the molecule is Cc1cc(N2CC(NC(=O)c3ccc(Br)s3)CC2=O)ccc1C(=O)N(C)C(=O)N(C)C. The van der Waals surface area contributed by atoms with E-state index >= 15 is 0 Å². The molecule has 1 unspecified atom stereocenters. The van der Waals surface area contributed by atoms with Crippen LogP contribution < -0.4 is 10.2 Å². The van der Waals surface area contributed by atoms with E-state index in [2.05, 4.69) is 21.2 Å². The molecule has 3 rings (SSSR count). The summed E-state index contributed by atoms with van der Waals surface area (Å²) in [5, 5.41) is 2.91. The number of carbonyl (C=O) groups excluding carboxylic acids is 4. The van der Waals surface area contributed by atoms with Crippen LogP contribution in [0.1, 0.15) is 32.0 Å². The molecule has 0 bridgehead atoms. The zero-order chi connectivity index (χ0) is 22.9. The van der Waals surface area contributed by atoms with Crippen LogP contribution in [0.2, 0.25) is 0 Å². The largest absolute Gasteiger partial charge is 0.346 e. The van der Waals surface area contributed by atoms with E-state index in [4.69, 9.17) is 0 Å². The van der Waals surface area contributed by atoms with Gasteiger partial charge in [0.1, 0.15) is 0 Å². The second-order valence-corrected chi connectivity index (χ2v) is 9.99. The molecule has 1 aliphatic rings. The van der Waals surface area contributed by atoms with E-state index in [-0.39, 0.29) is 24.3 Å². The molecule has 1 aromatic heterocycles. The Labute approximate surface area is 192 Å². The lowest BCUT2D eigenvalue weighted by molar-refractivity contribution is -0.117. The zero-order valence-electron chi connectivity index (χ0n) is 17.6. The minimum absolute atomic E-state index is 0.101. The molecule has 1 saturated heterocycles. The minimum atomic E-state index is -0.417. The molecule has 2 aromatic rings. The van der Waals surface area contributed by atoms with Crippen LogP contribution in [0.15, 0.2) is 34.1 Å². The number of imide groups is 1. The van der Waals surface area contributed by atoms with Crippen molar-refractivity contribution < 1.29 is 19.2 Å². The molecule has 1 aliphatic heterocycles. The smallest absolute Gasteiger partial charge is 0.326 e. The molecule has 1 aromatic carbocycles. The summed E-state index contributed by atoms with van der Waals surface area (Å²) in [6.07, 6.45) is 0.206. The molecule has 8 nitrogen and oxygen atoms in total. The lowest BCUT2D eigenvalue weighted by atomic mass is 10.1. The maximum atomic E-state index is 12.7. The zero-order valence-corrected chi connectivity index (χ0v) is 20.0. The number of carbonyl (C=O) groups is 4. The fourth-order valence-electron chi connectivity index (χ4n) is 3.37. The third-order valence-electron chi connectivity index (χ3n) is 4.98. The van der Waals surface area contributed by atoms with Gasteiger partial charge in [0.2, 0.25) is 5.91 Å². The minimum Gasteiger partial charge on any atom is -0.346 e. The molecule has 10 heteroatoms. The summed E-state index contributed by atoms with van der Waals surface area (Å²) in [6.45, 7) is 2.11. The maximum absolute atomic E-state index is 12.7. The van der Waals surface area contributed by atoms with Gasteiger partial charge in [-0.15, -0.1) is 11.3 Å². The number of amides is 5. The number of anilines is 1. The Kier molecular flexibility index (Phi) is 6.80. The Morgan fingerprint density at radius 2 is 1.87 bits per heavy atom. The third kappa shape index (κ3) is 4.96. The predicted molar refractivity (Wildman–Crippen MR) is 123 cm³/mol. The van der Waals surface area contributed by atoms with E-state index in [1.165, 1.54) is 23.3 Å². The second-order valence-electron chi connectivity index (χ2n) is 7.52. The van der Waals surface area contributed by atoms with Crippen LogP contribution in [0.4, 0.5) is 10.5 Å². The first-order valence-electron chi connectivity index (χ1n) is 9.55. The molecule has 5 amide bonds. The Bertz CT molecular complexity index is 1050. The van der Waals surface area contributed by atoms with Crippen molar-refractivity contribution in [2.24, 2.45) is 0 Å². The van der Waals surface area contributed by atoms with Gasteiger partial charge in [0.25, 0.3) is 11.8 Å². The number of nitrogens with zero attached hydrogens (tertiary/aromatic N) is 3. The van der Waals surface area contributed by atoms with E-state index in [0.29, 0.717) is 28.2 Å². The monoisotopic (exact) mass is 506 g/mol. The predicted octanol–water partition coefficient (Wildman–Crippen LogP) is 3.11. The van der Waals surface area contributed by atoms with Crippen LogP contribution in [0.3, 0.4) is 0 Å². The van der Waals surface area contributed by atoms with Crippen LogP contribution in [0.25, 0.3) is 0 Å². The lowest BCUT2D eigenvalue weighted by Gasteiger charge is -2.22. The summed E-state index contributed by atoms with van der Waals surface area (Å²) in [5.41, 5.74) is 1.70. The van der Waals surface area contributed by atoms with Gasteiger partial charge in [-0.3, -0.25) is 19.3 Å². The van der Waals surface area contributed by atoms with Crippen molar-refractivity contribution in [2.45, 2.75) is 19.4 Å². The van der Waals surface area contributed by atoms with Gasteiger partial charge in [0, 0.05) is 45.4 Å². The topological polar surface area (TPSA) is 90.0 Å². The normalized spacial score (nSPS) is 15.7. The Balaban J connectivity index is 1.71. The quantitative estimate of drug-likeness (QED) is 0.689. The van der Waals surface area contributed by atoms with Crippen molar-refractivity contribution in [3.05, 3.63) is 50.1 Å². The van der Waals surface area contributed by atoms with Crippen molar-refractivity contribution >= 4 is 56.7 Å². The van der Waals surface area contributed by atoms with Crippen LogP contribution in [0.5, 0.6) is 0 Å². The van der Waals surface area contributed by atoms with Crippen molar-refractivity contribution in [3.63, 3.8) is 0 Å². The molecule has 2 heterocycles. The molecule has 1 fully saturated rings. The molecule has 31 heavy (non-hydrogen) atoms. The van der Waals surface area contributed by atoms with Crippen molar-refractivity contribution in [2.75, 3.05) is 32.6 Å². The Hall–Kier alpha value is -2.72. The first kappa shape index (κ1) is 23.0. The molecule has 0 radical (unpaired) electrons. The van der Waals surface area contributed by atoms with Gasteiger partial charge in [-0.05, 0) is 58.7 Å². The number of urea groups is 1. The molecule has 1 N–H and O–H groups in total. The molecule has 164 valence electrons. The van der Waals surface area contributed by atoms with Gasteiger partial charge >= 0.3 is 6.03 Å². The molecular formula is C21H23BrN4O4S. The number of aryl methyl sites for hydroxylation is 1. The molecule has 0 saturated carbocycles. The van der Waals surface area contributed by atoms with Crippen LogP contribution >= 0.6 is 27.3 Å². The fourth-order valence-corrected chi connectivity index (χ4v) is 4.66. The number of hydrogen-bond acceptors (Lipinski definition) is 5. The van der Waals surface area contributed by atoms with Gasteiger partial charge in [0.15, 0.2) is 0 Å². The highest BCUT2D eigenvalue weighted by Crippen LogP contribution is 2.26. The number of halogens is 1. The standard InChI is InChI=1S/C21H23BrN4O4S/c1-12-9-14(5-6-15(12)20(29)25(4)21(30)24(2)3)26-11-13(10-18(26)27)23-19(28)16-7-8-17(22)31-16/h5-9,13H,10-11H2,1-4H3,(H,23,28). The van der Waals surface area contributed by atoms with Gasteiger partial charge in [-0.2, -0.15) is 0 Å². The highest BCUT2D eigenvalue weighted by atomic mass is 79.9. The van der Waals surface area contributed by atoms with Crippen LogP contribution in [0, 0.1) is 6.92 Å². The second kappa shape index (κ2) is 9.19. The number of rotatable bonds is 4. The molecular weight excluding hydrogens is 484 g/mol. The summed E-state index contributed by atoms with van der Waals surface area (Å²) in [5.74, 6) is -0.722. The van der Waals surface area contributed by atoms with E-state index in [0.717, 1.165) is 8.69 Å². The lowest BCUT2D eigenvalue weighted by Crippen LogP contribution is -2.40. The van der Waals surface area contributed by atoms with Crippen LogP contribution in [-0.4, -0.2) is 67.3 Å². The van der Waals surface area contributed by atoms with Gasteiger partial charge in [0.05, 0.1) is 14.7 Å². The number of nitrogens with one attached hydrogen (secondary N) is 1. The summed E-state index contributed by atoms with van der Waals surface area (Å²) < 4.78 is 0.866. The van der Waals surface area contributed by atoms with E-state index in [1.807, 2.05) is 0 Å².